The van der Waals surface area contributed by atoms with Crippen molar-refractivity contribution in [1.29, 1.82) is 0 Å². The molecule has 0 saturated carbocycles. The van der Waals surface area contributed by atoms with E-state index in [1.54, 1.807) is 19.5 Å². The molecule has 0 atom stereocenters. The van der Waals surface area contributed by atoms with Crippen LogP contribution in [0.2, 0.25) is 0 Å². The van der Waals surface area contributed by atoms with Crippen molar-refractivity contribution >= 4 is 17.3 Å². The van der Waals surface area contributed by atoms with Crippen LogP contribution >= 0.6 is 0 Å². The van der Waals surface area contributed by atoms with E-state index in [9.17, 15) is 0 Å². The van der Waals surface area contributed by atoms with Gasteiger partial charge >= 0.3 is 0 Å². The number of benzene rings is 1. The minimum atomic E-state index is 0.578. The van der Waals surface area contributed by atoms with E-state index in [1.165, 1.54) is 44.7 Å². The summed E-state index contributed by atoms with van der Waals surface area (Å²) in [6.45, 7) is 8.95. The lowest BCUT2D eigenvalue weighted by Crippen LogP contribution is -2.52. The van der Waals surface area contributed by atoms with Crippen LogP contribution in [0.5, 0.6) is 5.75 Å². The van der Waals surface area contributed by atoms with Crippen molar-refractivity contribution in [2.24, 2.45) is 0 Å². The molecule has 1 aromatic carbocycles. The van der Waals surface area contributed by atoms with Crippen LogP contribution < -0.4 is 15.0 Å². The Morgan fingerprint density at radius 1 is 1.00 bits per heavy atom. The van der Waals surface area contributed by atoms with E-state index in [0.29, 0.717) is 5.95 Å². The average molecular weight is 397 g/mol. The van der Waals surface area contributed by atoms with Crippen molar-refractivity contribution in [3.8, 4) is 5.75 Å². The molecule has 0 bridgehead atoms. The largest absolute Gasteiger partial charge is 0.494 e. The average Bonchev–Trinajstić information content (AvgIpc) is 2.76. The molecule has 0 aliphatic carbocycles. The molecule has 2 aromatic rings. The first-order chi connectivity index (χ1) is 14.1. The molecular formula is C22H32N6O. The van der Waals surface area contributed by atoms with E-state index in [2.05, 4.69) is 55.2 Å². The number of hydrogen-bond donors (Lipinski definition) is 1. The van der Waals surface area contributed by atoms with Gasteiger partial charge in [-0.3, -0.25) is 4.90 Å². The molecule has 0 radical (unpaired) electrons. The molecule has 7 heteroatoms. The quantitative estimate of drug-likeness (QED) is 0.834. The molecule has 0 amide bonds. The Hall–Kier alpha value is -2.38. The lowest BCUT2D eigenvalue weighted by atomic mass is 10.0. The van der Waals surface area contributed by atoms with E-state index in [0.717, 1.165) is 36.1 Å². The molecule has 2 saturated heterocycles. The second-order valence-electron chi connectivity index (χ2n) is 8.15. The fourth-order valence-electron chi connectivity index (χ4n) is 4.23. The van der Waals surface area contributed by atoms with Crippen LogP contribution in [-0.2, 0) is 0 Å². The molecule has 7 nitrogen and oxygen atoms in total. The van der Waals surface area contributed by atoms with Crippen LogP contribution in [0.4, 0.5) is 17.3 Å². The number of aryl methyl sites for hydroxylation is 1. The van der Waals surface area contributed by atoms with Crippen LogP contribution in [0.3, 0.4) is 0 Å². The van der Waals surface area contributed by atoms with Gasteiger partial charge in [0.2, 0.25) is 5.95 Å². The summed E-state index contributed by atoms with van der Waals surface area (Å²) in [5, 5.41) is 3.26. The molecule has 0 spiro atoms. The SMILES string of the molecule is COc1cc(N2CCC(N3CCN(C)CC3)CC2)ccc1Nc1ncc(C)cn1. The molecule has 156 valence electrons. The van der Waals surface area contributed by atoms with E-state index in [-0.39, 0.29) is 0 Å². The zero-order valence-corrected chi connectivity index (χ0v) is 17.8. The van der Waals surface area contributed by atoms with Gasteiger partial charge in [0.15, 0.2) is 0 Å². The first kappa shape index (κ1) is 19.9. The number of methoxy groups -OCH3 is 1. The molecule has 4 rings (SSSR count). The summed E-state index contributed by atoms with van der Waals surface area (Å²) in [6, 6.07) is 7.06. The highest BCUT2D eigenvalue weighted by Gasteiger charge is 2.27. The molecular weight excluding hydrogens is 364 g/mol. The third-order valence-corrected chi connectivity index (χ3v) is 6.10. The molecule has 1 aromatic heterocycles. The van der Waals surface area contributed by atoms with Crippen LogP contribution in [0, 0.1) is 6.92 Å². The van der Waals surface area contributed by atoms with Crippen molar-refractivity contribution in [3.63, 3.8) is 0 Å². The maximum Gasteiger partial charge on any atom is 0.227 e. The van der Waals surface area contributed by atoms with E-state index in [1.807, 2.05) is 6.92 Å². The maximum absolute atomic E-state index is 5.64. The Morgan fingerprint density at radius 3 is 2.34 bits per heavy atom. The predicted octanol–water partition coefficient (Wildman–Crippen LogP) is 2.75. The van der Waals surface area contributed by atoms with Gasteiger partial charge in [-0.25, -0.2) is 9.97 Å². The summed E-state index contributed by atoms with van der Waals surface area (Å²) in [6.07, 6.45) is 6.06. The van der Waals surface area contributed by atoms with E-state index < -0.39 is 0 Å². The number of piperidine rings is 1. The number of anilines is 3. The van der Waals surface area contributed by atoms with Gasteiger partial charge in [-0.05, 0) is 44.5 Å². The van der Waals surface area contributed by atoms with E-state index in [4.69, 9.17) is 4.74 Å². The third kappa shape index (κ3) is 4.79. The molecule has 0 unspecified atom stereocenters. The lowest BCUT2D eigenvalue weighted by Gasteiger charge is -2.42. The minimum absolute atomic E-state index is 0.578. The second-order valence-corrected chi connectivity index (χ2v) is 8.15. The fourth-order valence-corrected chi connectivity index (χ4v) is 4.23. The van der Waals surface area contributed by atoms with E-state index >= 15 is 0 Å². The normalized spacial score (nSPS) is 19.3. The number of piperazine rings is 1. The Morgan fingerprint density at radius 2 is 1.69 bits per heavy atom. The van der Waals surface area contributed by atoms with Crippen molar-refractivity contribution < 1.29 is 4.74 Å². The summed E-state index contributed by atoms with van der Waals surface area (Å²) in [5.74, 6) is 1.39. The first-order valence-electron chi connectivity index (χ1n) is 10.5. The standard InChI is InChI=1S/C22H32N6O/c1-17-15-23-22(24-16-17)25-20-5-4-19(14-21(20)29-3)27-8-6-18(7-9-27)28-12-10-26(2)11-13-28/h4-5,14-16,18H,6-13H2,1-3H3,(H,23,24,25). The van der Waals surface area contributed by atoms with Crippen molar-refractivity contribution in [3.05, 3.63) is 36.2 Å². The smallest absolute Gasteiger partial charge is 0.227 e. The summed E-state index contributed by atoms with van der Waals surface area (Å²) < 4.78 is 5.64. The molecule has 2 aliphatic heterocycles. The molecule has 2 fully saturated rings. The number of aromatic nitrogens is 2. The van der Waals surface area contributed by atoms with Gasteiger partial charge in [-0.15, -0.1) is 0 Å². The monoisotopic (exact) mass is 396 g/mol. The topological polar surface area (TPSA) is 56.8 Å². The third-order valence-electron chi connectivity index (χ3n) is 6.10. The van der Waals surface area contributed by atoms with Gasteiger partial charge in [-0.2, -0.15) is 0 Å². The van der Waals surface area contributed by atoms with Crippen LogP contribution in [0.25, 0.3) is 0 Å². The number of rotatable bonds is 5. The summed E-state index contributed by atoms with van der Waals surface area (Å²) in [7, 11) is 3.93. The number of nitrogens with zero attached hydrogens (tertiary/aromatic N) is 5. The van der Waals surface area contributed by atoms with Crippen LogP contribution in [0.15, 0.2) is 30.6 Å². The number of likely N-dealkylation sites (N-methyl/N-ethyl adjacent to an activating group) is 1. The van der Waals surface area contributed by atoms with Gasteiger partial charge < -0.3 is 19.9 Å². The Balaban J connectivity index is 1.38. The van der Waals surface area contributed by atoms with Gasteiger partial charge in [0.25, 0.3) is 0 Å². The summed E-state index contributed by atoms with van der Waals surface area (Å²) in [4.78, 5) is 16.2. The second kappa shape index (κ2) is 8.97. The zero-order chi connectivity index (χ0) is 20.2. The first-order valence-corrected chi connectivity index (χ1v) is 10.5. The van der Waals surface area contributed by atoms with Crippen molar-refractivity contribution in [2.75, 3.05) is 63.6 Å². The van der Waals surface area contributed by atoms with Gasteiger partial charge in [0.05, 0.1) is 12.8 Å². The van der Waals surface area contributed by atoms with Gasteiger partial charge in [0.1, 0.15) is 5.75 Å². The maximum atomic E-state index is 5.64. The highest BCUT2D eigenvalue weighted by Crippen LogP contribution is 2.33. The minimum Gasteiger partial charge on any atom is -0.494 e. The van der Waals surface area contributed by atoms with Gasteiger partial charge in [-0.1, -0.05) is 0 Å². The van der Waals surface area contributed by atoms with Crippen LogP contribution in [-0.4, -0.2) is 79.2 Å². The highest BCUT2D eigenvalue weighted by atomic mass is 16.5. The van der Waals surface area contributed by atoms with Crippen molar-refractivity contribution in [2.45, 2.75) is 25.8 Å². The number of hydrogen-bond acceptors (Lipinski definition) is 7. The Bertz CT molecular complexity index is 795. The predicted molar refractivity (Wildman–Crippen MR) is 117 cm³/mol. The fraction of sp³-hybridized carbons (Fsp3) is 0.545. The number of nitrogens with one attached hydrogen (secondary N) is 1. The number of ether oxygens (including phenoxy) is 1. The Labute approximate surface area is 173 Å². The summed E-state index contributed by atoms with van der Waals surface area (Å²) >= 11 is 0. The molecule has 29 heavy (non-hydrogen) atoms. The summed E-state index contributed by atoms with van der Waals surface area (Å²) in [5.41, 5.74) is 3.14. The molecule has 2 aliphatic rings. The Kier molecular flexibility index (Phi) is 6.16. The molecule has 3 heterocycles. The zero-order valence-electron chi connectivity index (χ0n) is 17.8. The van der Waals surface area contributed by atoms with Crippen LogP contribution in [0.1, 0.15) is 18.4 Å². The van der Waals surface area contributed by atoms with Crippen molar-refractivity contribution in [1.82, 2.24) is 19.8 Å². The highest BCUT2D eigenvalue weighted by molar-refractivity contribution is 5.68. The lowest BCUT2D eigenvalue weighted by molar-refractivity contribution is 0.0982. The van der Waals surface area contributed by atoms with Gasteiger partial charge in [0, 0.05) is 69.5 Å². The molecule has 1 N–H and O–H groups in total.